The van der Waals surface area contributed by atoms with Crippen LogP contribution in [0.25, 0.3) is 0 Å². The molecule has 124 valence electrons. The highest BCUT2D eigenvalue weighted by atomic mass is 16.3. The molecule has 2 amide bonds. The first-order valence-electron chi connectivity index (χ1n) is 8.08. The van der Waals surface area contributed by atoms with E-state index in [-0.39, 0.29) is 24.0 Å². The number of phenols is 1. The molecule has 0 aliphatic carbocycles. The SMILES string of the molecule is CCN1C(=O)CCc2cc(NC(=O)Cc3cccc(O)c3)ccc21. The van der Waals surface area contributed by atoms with Gasteiger partial charge in [0.05, 0.1) is 6.42 Å². The number of nitrogens with one attached hydrogen (secondary N) is 1. The molecule has 0 atom stereocenters. The summed E-state index contributed by atoms with van der Waals surface area (Å²) < 4.78 is 0. The van der Waals surface area contributed by atoms with Gasteiger partial charge in [0.25, 0.3) is 0 Å². The molecule has 3 rings (SSSR count). The van der Waals surface area contributed by atoms with Crippen molar-refractivity contribution in [1.82, 2.24) is 0 Å². The van der Waals surface area contributed by atoms with Crippen LogP contribution in [0.1, 0.15) is 24.5 Å². The van der Waals surface area contributed by atoms with Crippen molar-refractivity contribution in [3.8, 4) is 5.75 Å². The fourth-order valence-electron chi connectivity index (χ4n) is 3.04. The molecule has 2 aromatic carbocycles. The second kappa shape index (κ2) is 6.74. The van der Waals surface area contributed by atoms with Crippen LogP contribution in [0.5, 0.6) is 5.75 Å². The Balaban J connectivity index is 1.72. The van der Waals surface area contributed by atoms with E-state index < -0.39 is 0 Å². The summed E-state index contributed by atoms with van der Waals surface area (Å²) >= 11 is 0. The van der Waals surface area contributed by atoms with Gasteiger partial charge in [0, 0.05) is 24.3 Å². The molecule has 24 heavy (non-hydrogen) atoms. The van der Waals surface area contributed by atoms with Crippen LogP contribution < -0.4 is 10.2 Å². The van der Waals surface area contributed by atoms with Crippen molar-refractivity contribution in [3.63, 3.8) is 0 Å². The molecular weight excluding hydrogens is 304 g/mol. The standard InChI is InChI=1S/C19H20N2O3/c1-2-21-17-8-7-15(12-14(17)6-9-19(21)24)20-18(23)11-13-4-3-5-16(22)10-13/h3-5,7-8,10,12,22H,2,6,9,11H2,1H3,(H,20,23). The number of hydrogen-bond donors (Lipinski definition) is 2. The summed E-state index contributed by atoms with van der Waals surface area (Å²) in [4.78, 5) is 25.9. The molecule has 0 saturated carbocycles. The average Bonchev–Trinajstić information content (AvgIpc) is 2.55. The van der Waals surface area contributed by atoms with Crippen molar-refractivity contribution in [2.75, 3.05) is 16.8 Å². The Labute approximate surface area is 140 Å². The van der Waals surface area contributed by atoms with Gasteiger partial charge in [0.15, 0.2) is 0 Å². The molecule has 1 aliphatic rings. The van der Waals surface area contributed by atoms with Gasteiger partial charge in [-0.3, -0.25) is 9.59 Å². The number of aromatic hydroxyl groups is 1. The molecule has 5 nitrogen and oxygen atoms in total. The molecule has 0 radical (unpaired) electrons. The van der Waals surface area contributed by atoms with Crippen molar-refractivity contribution in [3.05, 3.63) is 53.6 Å². The first-order chi connectivity index (χ1) is 11.6. The van der Waals surface area contributed by atoms with Crippen LogP contribution in [0.3, 0.4) is 0 Å². The maximum absolute atomic E-state index is 12.2. The van der Waals surface area contributed by atoms with Gasteiger partial charge >= 0.3 is 0 Å². The molecule has 2 N–H and O–H groups in total. The average molecular weight is 324 g/mol. The van der Waals surface area contributed by atoms with E-state index in [1.165, 1.54) is 0 Å². The van der Waals surface area contributed by atoms with E-state index in [0.717, 1.165) is 22.5 Å². The third kappa shape index (κ3) is 3.40. The number of rotatable bonds is 4. The Morgan fingerprint density at radius 1 is 1.21 bits per heavy atom. The van der Waals surface area contributed by atoms with Gasteiger partial charge in [-0.05, 0) is 54.8 Å². The summed E-state index contributed by atoms with van der Waals surface area (Å²) in [5, 5.41) is 12.3. The van der Waals surface area contributed by atoms with Crippen LogP contribution in [-0.4, -0.2) is 23.5 Å². The number of anilines is 2. The molecule has 0 spiro atoms. The van der Waals surface area contributed by atoms with Crippen LogP contribution in [0, 0.1) is 0 Å². The van der Waals surface area contributed by atoms with Crippen molar-refractivity contribution in [2.45, 2.75) is 26.2 Å². The molecule has 0 unspecified atom stereocenters. The minimum absolute atomic E-state index is 0.139. The zero-order valence-corrected chi connectivity index (χ0v) is 13.6. The number of aryl methyl sites for hydroxylation is 1. The van der Waals surface area contributed by atoms with Gasteiger partial charge in [-0.25, -0.2) is 0 Å². The predicted octanol–water partition coefficient (Wildman–Crippen LogP) is 2.87. The largest absolute Gasteiger partial charge is 0.508 e. The Hall–Kier alpha value is -2.82. The normalized spacial score (nSPS) is 13.5. The van der Waals surface area contributed by atoms with Crippen molar-refractivity contribution in [2.24, 2.45) is 0 Å². The number of carbonyl (C=O) groups is 2. The fourth-order valence-corrected chi connectivity index (χ4v) is 3.04. The second-order valence-corrected chi connectivity index (χ2v) is 5.88. The second-order valence-electron chi connectivity index (χ2n) is 5.88. The summed E-state index contributed by atoms with van der Waals surface area (Å²) in [7, 11) is 0. The molecular formula is C19H20N2O3. The number of hydrogen-bond acceptors (Lipinski definition) is 3. The molecule has 2 aromatic rings. The van der Waals surface area contributed by atoms with Gasteiger partial charge in [0.1, 0.15) is 5.75 Å². The molecule has 0 aromatic heterocycles. The number of phenolic OH excluding ortho intramolecular Hbond substituents is 1. The van der Waals surface area contributed by atoms with Crippen molar-refractivity contribution < 1.29 is 14.7 Å². The van der Waals surface area contributed by atoms with Crippen LogP contribution in [0.15, 0.2) is 42.5 Å². The number of carbonyl (C=O) groups excluding carboxylic acids is 2. The minimum atomic E-state index is -0.139. The Morgan fingerprint density at radius 2 is 2.04 bits per heavy atom. The van der Waals surface area contributed by atoms with E-state index in [1.807, 2.05) is 25.1 Å². The van der Waals surface area contributed by atoms with Crippen LogP contribution in [-0.2, 0) is 22.4 Å². The van der Waals surface area contributed by atoms with E-state index in [9.17, 15) is 14.7 Å². The Kier molecular flexibility index (Phi) is 4.51. The lowest BCUT2D eigenvalue weighted by molar-refractivity contribution is -0.119. The molecule has 5 heteroatoms. The predicted molar refractivity (Wildman–Crippen MR) is 93.2 cm³/mol. The summed E-state index contributed by atoms with van der Waals surface area (Å²) in [5.41, 5.74) is 3.49. The van der Waals surface area contributed by atoms with E-state index in [4.69, 9.17) is 0 Å². The molecule has 1 aliphatic heterocycles. The first kappa shape index (κ1) is 16.1. The number of amides is 2. The molecule has 0 bridgehead atoms. The summed E-state index contributed by atoms with van der Waals surface area (Å²) in [5.74, 6) is 0.156. The summed E-state index contributed by atoms with van der Waals surface area (Å²) in [6, 6.07) is 12.3. The van der Waals surface area contributed by atoms with Gasteiger partial charge in [0.2, 0.25) is 11.8 Å². The summed E-state index contributed by atoms with van der Waals surface area (Å²) in [6.07, 6.45) is 1.40. The molecule has 0 saturated heterocycles. The van der Waals surface area contributed by atoms with Gasteiger partial charge in [-0.15, -0.1) is 0 Å². The lowest BCUT2D eigenvalue weighted by atomic mass is 10.0. The highest BCUT2D eigenvalue weighted by molar-refractivity contribution is 5.97. The lowest BCUT2D eigenvalue weighted by Gasteiger charge is -2.28. The maximum Gasteiger partial charge on any atom is 0.228 e. The van der Waals surface area contributed by atoms with Crippen LogP contribution in [0.4, 0.5) is 11.4 Å². The number of benzene rings is 2. The Morgan fingerprint density at radius 3 is 2.79 bits per heavy atom. The monoisotopic (exact) mass is 324 g/mol. The third-order valence-electron chi connectivity index (χ3n) is 4.15. The molecule has 1 heterocycles. The Bertz CT molecular complexity index is 786. The lowest BCUT2D eigenvalue weighted by Crippen LogP contribution is -2.34. The summed E-state index contributed by atoms with van der Waals surface area (Å²) in [6.45, 7) is 2.60. The fraction of sp³-hybridized carbons (Fsp3) is 0.263. The number of fused-ring (bicyclic) bond motifs is 1. The quantitative estimate of drug-likeness (QED) is 0.908. The van der Waals surface area contributed by atoms with Gasteiger partial charge in [-0.1, -0.05) is 12.1 Å². The zero-order valence-electron chi connectivity index (χ0n) is 13.6. The highest BCUT2D eigenvalue weighted by Crippen LogP contribution is 2.30. The number of nitrogens with zero attached hydrogens (tertiary/aromatic N) is 1. The smallest absolute Gasteiger partial charge is 0.228 e. The van der Waals surface area contributed by atoms with Gasteiger partial charge < -0.3 is 15.3 Å². The van der Waals surface area contributed by atoms with E-state index >= 15 is 0 Å². The van der Waals surface area contributed by atoms with E-state index in [0.29, 0.717) is 19.4 Å². The van der Waals surface area contributed by atoms with Crippen molar-refractivity contribution >= 4 is 23.2 Å². The van der Waals surface area contributed by atoms with E-state index in [1.54, 1.807) is 29.2 Å². The molecule has 0 fully saturated rings. The van der Waals surface area contributed by atoms with E-state index in [2.05, 4.69) is 5.32 Å². The topological polar surface area (TPSA) is 69.6 Å². The van der Waals surface area contributed by atoms with Crippen LogP contribution in [0.2, 0.25) is 0 Å². The van der Waals surface area contributed by atoms with Crippen LogP contribution >= 0.6 is 0 Å². The minimum Gasteiger partial charge on any atom is -0.508 e. The van der Waals surface area contributed by atoms with Gasteiger partial charge in [-0.2, -0.15) is 0 Å². The first-order valence-corrected chi connectivity index (χ1v) is 8.08. The zero-order chi connectivity index (χ0) is 17.1. The third-order valence-corrected chi connectivity index (χ3v) is 4.15. The maximum atomic E-state index is 12.2. The van der Waals surface area contributed by atoms with Crippen molar-refractivity contribution in [1.29, 1.82) is 0 Å². The highest BCUT2D eigenvalue weighted by Gasteiger charge is 2.22.